The van der Waals surface area contributed by atoms with Gasteiger partial charge in [0.1, 0.15) is 10.7 Å². The molecule has 6 nitrogen and oxygen atoms in total. The molecule has 1 aliphatic carbocycles. The van der Waals surface area contributed by atoms with Crippen molar-refractivity contribution >= 4 is 15.8 Å². The van der Waals surface area contributed by atoms with E-state index in [0.717, 1.165) is 18.3 Å². The molecule has 0 atom stereocenters. The number of rotatable bonds is 6. The summed E-state index contributed by atoms with van der Waals surface area (Å²) in [5, 5.41) is 3.40. The lowest BCUT2D eigenvalue weighted by Crippen LogP contribution is -2.40. The second-order valence-electron chi connectivity index (χ2n) is 8.07. The van der Waals surface area contributed by atoms with Gasteiger partial charge in [-0.05, 0) is 36.3 Å². The molecule has 1 aromatic heterocycles. The van der Waals surface area contributed by atoms with E-state index in [1.54, 1.807) is 12.1 Å². The SMILES string of the molecule is CC(C)(CNc1ccc(S(=O)(=O)N2CCOCC2)cn1)C1CCCCC1. The van der Waals surface area contributed by atoms with Crippen LogP contribution in [0.15, 0.2) is 23.2 Å². The summed E-state index contributed by atoms with van der Waals surface area (Å²) >= 11 is 0. The maximum absolute atomic E-state index is 12.6. The van der Waals surface area contributed by atoms with Crippen LogP contribution in [0.1, 0.15) is 46.0 Å². The third-order valence-electron chi connectivity index (χ3n) is 5.78. The van der Waals surface area contributed by atoms with Crippen LogP contribution in [0.4, 0.5) is 5.82 Å². The van der Waals surface area contributed by atoms with Crippen molar-refractivity contribution in [3.05, 3.63) is 18.3 Å². The Bertz CT molecular complexity index is 676. The number of hydrogen-bond donors (Lipinski definition) is 1. The van der Waals surface area contributed by atoms with E-state index in [4.69, 9.17) is 4.74 Å². The molecule has 1 aliphatic heterocycles. The number of sulfonamides is 1. The Hall–Kier alpha value is -1.18. The van der Waals surface area contributed by atoms with Crippen LogP contribution in [0.5, 0.6) is 0 Å². The summed E-state index contributed by atoms with van der Waals surface area (Å²) < 4.78 is 32.0. The first kappa shape index (κ1) is 19.6. The molecule has 0 spiro atoms. The normalized spacial score (nSPS) is 20.8. The summed E-state index contributed by atoms with van der Waals surface area (Å²) in [7, 11) is -3.48. The van der Waals surface area contributed by atoms with Crippen LogP contribution < -0.4 is 5.32 Å². The van der Waals surface area contributed by atoms with Gasteiger partial charge in [-0.25, -0.2) is 13.4 Å². The Kier molecular flexibility index (Phi) is 6.20. The van der Waals surface area contributed by atoms with Crippen molar-refractivity contribution < 1.29 is 13.2 Å². The maximum Gasteiger partial charge on any atom is 0.244 e. The van der Waals surface area contributed by atoms with E-state index in [0.29, 0.717) is 26.3 Å². The molecule has 0 radical (unpaired) electrons. The van der Waals surface area contributed by atoms with Crippen molar-refractivity contribution in [2.45, 2.75) is 50.8 Å². The second kappa shape index (κ2) is 8.23. The fourth-order valence-electron chi connectivity index (χ4n) is 3.92. The number of morpholine rings is 1. The van der Waals surface area contributed by atoms with Gasteiger partial charge in [-0.15, -0.1) is 0 Å². The monoisotopic (exact) mass is 381 g/mol. The third kappa shape index (κ3) is 4.56. The summed E-state index contributed by atoms with van der Waals surface area (Å²) in [5.41, 5.74) is 0.209. The van der Waals surface area contributed by atoms with Crippen LogP contribution in [0.3, 0.4) is 0 Å². The number of aromatic nitrogens is 1. The van der Waals surface area contributed by atoms with Crippen molar-refractivity contribution in [1.82, 2.24) is 9.29 Å². The summed E-state index contributed by atoms with van der Waals surface area (Å²) in [6, 6.07) is 3.41. The average Bonchev–Trinajstić information content (AvgIpc) is 2.68. The van der Waals surface area contributed by atoms with Gasteiger partial charge in [-0.3, -0.25) is 0 Å². The molecule has 1 N–H and O–H groups in total. The first-order valence-electron chi connectivity index (χ1n) is 9.67. The average molecular weight is 382 g/mol. The van der Waals surface area contributed by atoms with Crippen molar-refractivity contribution in [3.8, 4) is 0 Å². The van der Waals surface area contributed by atoms with E-state index >= 15 is 0 Å². The van der Waals surface area contributed by atoms with Crippen molar-refractivity contribution in [2.75, 3.05) is 38.2 Å². The Morgan fingerprint density at radius 3 is 2.50 bits per heavy atom. The van der Waals surface area contributed by atoms with E-state index in [-0.39, 0.29) is 10.3 Å². The van der Waals surface area contributed by atoms with E-state index in [9.17, 15) is 8.42 Å². The molecule has 26 heavy (non-hydrogen) atoms. The Balaban J connectivity index is 1.60. The number of nitrogens with one attached hydrogen (secondary N) is 1. The number of ether oxygens (including phenoxy) is 1. The molecule has 0 bridgehead atoms. The molecule has 1 saturated carbocycles. The number of hydrogen-bond acceptors (Lipinski definition) is 5. The van der Waals surface area contributed by atoms with Crippen LogP contribution in [-0.4, -0.2) is 50.6 Å². The lowest BCUT2D eigenvalue weighted by atomic mass is 9.71. The minimum atomic E-state index is -3.48. The van der Waals surface area contributed by atoms with Crippen molar-refractivity contribution in [3.63, 3.8) is 0 Å². The van der Waals surface area contributed by atoms with E-state index < -0.39 is 10.0 Å². The molecule has 0 aromatic carbocycles. The quantitative estimate of drug-likeness (QED) is 0.820. The molecule has 0 amide bonds. The van der Waals surface area contributed by atoms with Crippen molar-refractivity contribution in [2.24, 2.45) is 11.3 Å². The number of pyridine rings is 1. The zero-order valence-corrected chi connectivity index (χ0v) is 16.7. The molecular weight excluding hydrogens is 350 g/mol. The highest BCUT2D eigenvalue weighted by molar-refractivity contribution is 7.89. The second-order valence-corrected chi connectivity index (χ2v) is 10.0. The third-order valence-corrected chi connectivity index (χ3v) is 7.66. The summed E-state index contributed by atoms with van der Waals surface area (Å²) in [4.78, 5) is 4.59. The summed E-state index contributed by atoms with van der Waals surface area (Å²) in [6.07, 6.45) is 8.10. The van der Waals surface area contributed by atoms with Gasteiger partial charge >= 0.3 is 0 Å². The maximum atomic E-state index is 12.6. The van der Waals surface area contributed by atoms with E-state index in [2.05, 4.69) is 24.1 Å². The standard InChI is InChI=1S/C19H31N3O3S/c1-19(2,16-6-4-3-5-7-16)15-21-18-9-8-17(14-20-18)26(23,24)22-10-12-25-13-11-22/h8-9,14,16H,3-7,10-13,15H2,1-2H3,(H,20,21). The van der Waals surface area contributed by atoms with E-state index in [1.807, 2.05) is 0 Å². The van der Waals surface area contributed by atoms with Gasteiger partial charge in [-0.2, -0.15) is 4.31 Å². The van der Waals surface area contributed by atoms with Crippen LogP contribution in [-0.2, 0) is 14.8 Å². The van der Waals surface area contributed by atoms with Crippen molar-refractivity contribution in [1.29, 1.82) is 0 Å². The molecule has 3 rings (SSSR count). The molecule has 1 saturated heterocycles. The highest BCUT2D eigenvalue weighted by Gasteiger charge is 2.30. The first-order chi connectivity index (χ1) is 12.4. The topological polar surface area (TPSA) is 71.5 Å². The molecular formula is C19H31N3O3S. The fourth-order valence-corrected chi connectivity index (χ4v) is 5.27. The van der Waals surface area contributed by atoms with Gasteiger partial charge in [0.05, 0.1) is 13.2 Å². The highest BCUT2D eigenvalue weighted by atomic mass is 32.2. The zero-order valence-electron chi connectivity index (χ0n) is 15.9. The lowest BCUT2D eigenvalue weighted by molar-refractivity contribution is 0.0730. The Morgan fingerprint density at radius 1 is 1.19 bits per heavy atom. The Labute approximate surface area is 157 Å². The molecule has 2 fully saturated rings. The smallest absolute Gasteiger partial charge is 0.244 e. The molecule has 1 aromatic rings. The fraction of sp³-hybridized carbons (Fsp3) is 0.737. The van der Waals surface area contributed by atoms with Crippen LogP contribution in [0, 0.1) is 11.3 Å². The molecule has 7 heteroatoms. The summed E-state index contributed by atoms with van der Waals surface area (Å²) in [6.45, 7) is 7.17. The minimum absolute atomic E-state index is 0.209. The van der Waals surface area contributed by atoms with Crippen LogP contribution in [0.25, 0.3) is 0 Å². The first-order valence-corrected chi connectivity index (χ1v) is 11.1. The molecule has 2 heterocycles. The van der Waals surface area contributed by atoms with Gasteiger partial charge in [0.2, 0.25) is 10.0 Å². The van der Waals surface area contributed by atoms with Gasteiger partial charge in [0, 0.05) is 25.8 Å². The predicted octanol–water partition coefficient (Wildman–Crippen LogP) is 3.12. The number of anilines is 1. The van der Waals surface area contributed by atoms with Gasteiger partial charge < -0.3 is 10.1 Å². The van der Waals surface area contributed by atoms with Crippen LogP contribution >= 0.6 is 0 Å². The van der Waals surface area contributed by atoms with E-state index in [1.165, 1.54) is 42.6 Å². The molecule has 146 valence electrons. The predicted molar refractivity (Wildman–Crippen MR) is 103 cm³/mol. The van der Waals surface area contributed by atoms with Gasteiger partial charge in [0.25, 0.3) is 0 Å². The zero-order chi connectivity index (χ0) is 18.6. The highest BCUT2D eigenvalue weighted by Crippen LogP contribution is 2.38. The van der Waals surface area contributed by atoms with Gasteiger partial charge in [0.15, 0.2) is 0 Å². The molecule has 0 unspecified atom stereocenters. The number of nitrogens with zero attached hydrogens (tertiary/aromatic N) is 2. The van der Waals surface area contributed by atoms with Gasteiger partial charge in [-0.1, -0.05) is 33.1 Å². The lowest BCUT2D eigenvalue weighted by Gasteiger charge is -2.37. The Morgan fingerprint density at radius 2 is 1.88 bits per heavy atom. The minimum Gasteiger partial charge on any atom is -0.379 e. The van der Waals surface area contributed by atoms with Crippen LogP contribution in [0.2, 0.25) is 0 Å². The summed E-state index contributed by atoms with van der Waals surface area (Å²) in [5.74, 6) is 1.47. The largest absolute Gasteiger partial charge is 0.379 e. The molecule has 2 aliphatic rings.